The lowest BCUT2D eigenvalue weighted by molar-refractivity contribution is -0.143. The van der Waals surface area contributed by atoms with Crippen LogP contribution in [0, 0.1) is 0 Å². The third-order valence-electron chi connectivity index (χ3n) is 3.91. The number of carbonyl (C=O) groups is 4. The molecule has 0 aliphatic carbocycles. The molecule has 0 aliphatic rings. The molecule has 0 saturated heterocycles. The highest BCUT2D eigenvalue weighted by Crippen LogP contribution is 2.03. The first kappa shape index (κ1) is 26.1. The quantitative estimate of drug-likeness (QED) is 0.116. The van der Waals surface area contributed by atoms with Crippen LogP contribution in [-0.2, 0) is 19.2 Å². The summed E-state index contributed by atoms with van der Waals surface area (Å²) in [4.78, 5) is 47.6. The lowest BCUT2D eigenvalue weighted by Gasteiger charge is -2.25. The summed E-state index contributed by atoms with van der Waals surface area (Å²) in [5, 5.41) is 26.0. The van der Waals surface area contributed by atoms with E-state index in [9.17, 15) is 29.4 Å². The second-order valence-electron chi connectivity index (χ2n) is 6.43. The van der Waals surface area contributed by atoms with Gasteiger partial charge in [0.05, 0.1) is 12.1 Å². The van der Waals surface area contributed by atoms with E-state index in [0.717, 1.165) is 0 Å². The lowest BCUT2D eigenvalue weighted by atomic mass is 10.1. The molecular formula is C16H31N5O6S. The molecule has 0 rings (SSSR count). The molecule has 0 radical (unpaired) electrons. The highest BCUT2D eigenvalue weighted by atomic mass is 32.1. The van der Waals surface area contributed by atoms with Crippen molar-refractivity contribution in [2.45, 2.75) is 63.4 Å². The zero-order valence-corrected chi connectivity index (χ0v) is 16.9. The minimum absolute atomic E-state index is 0.0829. The SMILES string of the molecule is CC(NC(=O)C(N)CS)C(=O)NC(C(=O)NC(CCCCN)C(=O)O)C(C)O. The Morgan fingerprint density at radius 1 is 1.00 bits per heavy atom. The van der Waals surface area contributed by atoms with Crippen molar-refractivity contribution in [3.63, 3.8) is 0 Å². The van der Waals surface area contributed by atoms with Crippen molar-refractivity contribution in [1.29, 1.82) is 0 Å². The van der Waals surface area contributed by atoms with Crippen LogP contribution in [0.15, 0.2) is 0 Å². The molecule has 28 heavy (non-hydrogen) atoms. The Morgan fingerprint density at radius 3 is 2.07 bits per heavy atom. The van der Waals surface area contributed by atoms with E-state index in [-0.39, 0.29) is 12.2 Å². The van der Waals surface area contributed by atoms with Crippen molar-refractivity contribution in [1.82, 2.24) is 16.0 Å². The second-order valence-corrected chi connectivity index (χ2v) is 6.80. The van der Waals surface area contributed by atoms with E-state index in [1.165, 1.54) is 13.8 Å². The minimum Gasteiger partial charge on any atom is -0.480 e. The van der Waals surface area contributed by atoms with Gasteiger partial charge in [0.25, 0.3) is 0 Å². The van der Waals surface area contributed by atoms with Gasteiger partial charge in [0.2, 0.25) is 17.7 Å². The Hall–Kier alpha value is -1.89. The maximum atomic E-state index is 12.4. The summed E-state index contributed by atoms with van der Waals surface area (Å²) in [5.74, 6) is -3.34. The van der Waals surface area contributed by atoms with E-state index in [4.69, 9.17) is 11.5 Å². The number of amides is 3. The van der Waals surface area contributed by atoms with Gasteiger partial charge in [-0.05, 0) is 39.7 Å². The molecule has 12 heteroatoms. The van der Waals surface area contributed by atoms with Gasteiger partial charge in [-0.2, -0.15) is 12.6 Å². The molecule has 0 fully saturated rings. The largest absolute Gasteiger partial charge is 0.480 e. The van der Waals surface area contributed by atoms with Crippen LogP contribution in [0.2, 0.25) is 0 Å². The monoisotopic (exact) mass is 421 g/mol. The number of nitrogens with two attached hydrogens (primary N) is 2. The Morgan fingerprint density at radius 2 is 1.61 bits per heavy atom. The fraction of sp³-hybridized carbons (Fsp3) is 0.750. The number of hydrogen-bond acceptors (Lipinski definition) is 8. The lowest BCUT2D eigenvalue weighted by Crippen LogP contribution is -2.59. The van der Waals surface area contributed by atoms with Gasteiger partial charge in [-0.15, -0.1) is 0 Å². The molecule has 162 valence electrons. The number of unbranched alkanes of at least 4 members (excludes halogenated alkanes) is 1. The number of carboxylic acid groups (broad SMARTS) is 1. The molecule has 0 aliphatic heterocycles. The summed E-state index contributed by atoms with van der Waals surface area (Å²) < 4.78 is 0. The van der Waals surface area contributed by atoms with Crippen molar-refractivity contribution in [2.24, 2.45) is 11.5 Å². The molecule has 0 bridgehead atoms. The fourth-order valence-electron chi connectivity index (χ4n) is 2.16. The Bertz CT molecular complexity index is 548. The average Bonchev–Trinajstić information content (AvgIpc) is 2.63. The van der Waals surface area contributed by atoms with Gasteiger partial charge in [-0.1, -0.05) is 0 Å². The zero-order valence-electron chi connectivity index (χ0n) is 16.1. The maximum absolute atomic E-state index is 12.4. The molecule has 5 unspecified atom stereocenters. The van der Waals surface area contributed by atoms with E-state index in [0.29, 0.717) is 19.4 Å². The summed E-state index contributed by atoms with van der Waals surface area (Å²) in [6.45, 7) is 3.05. The number of aliphatic hydroxyl groups excluding tert-OH is 1. The van der Waals surface area contributed by atoms with Crippen molar-refractivity contribution in [3.05, 3.63) is 0 Å². The van der Waals surface area contributed by atoms with E-state index >= 15 is 0 Å². The maximum Gasteiger partial charge on any atom is 0.326 e. The minimum atomic E-state index is -1.40. The highest BCUT2D eigenvalue weighted by molar-refractivity contribution is 7.80. The van der Waals surface area contributed by atoms with E-state index in [2.05, 4.69) is 28.6 Å². The Balaban J connectivity index is 4.94. The van der Waals surface area contributed by atoms with Crippen LogP contribution >= 0.6 is 12.6 Å². The molecule has 0 aromatic heterocycles. The number of hydrogen-bond donors (Lipinski definition) is 8. The van der Waals surface area contributed by atoms with Crippen LogP contribution in [-0.4, -0.2) is 76.5 Å². The van der Waals surface area contributed by atoms with E-state index in [1.54, 1.807) is 0 Å². The second kappa shape index (κ2) is 13.3. The van der Waals surface area contributed by atoms with Gasteiger partial charge in [0.1, 0.15) is 18.1 Å². The van der Waals surface area contributed by atoms with Gasteiger partial charge in [-0.25, -0.2) is 4.79 Å². The van der Waals surface area contributed by atoms with Gasteiger partial charge >= 0.3 is 5.97 Å². The molecule has 9 N–H and O–H groups in total. The first-order chi connectivity index (χ1) is 13.0. The molecule has 0 heterocycles. The number of nitrogens with one attached hydrogen (secondary N) is 3. The first-order valence-electron chi connectivity index (χ1n) is 8.93. The first-order valence-corrected chi connectivity index (χ1v) is 9.56. The normalized spacial score (nSPS) is 16.2. The number of carboxylic acids is 1. The number of aliphatic carboxylic acids is 1. The van der Waals surface area contributed by atoms with E-state index < -0.39 is 54.0 Å². The van der Waals surface area contributed by atoms with Crippen LogP contribution < -0.4 is 27.4 Å². The van der Waals surface area contributed by atoms with Crippen molar-refractivity contribution in [2.75, 3.05) is 12.3 Å². The molecule has 3 amide bonds. The van der Waals surface area contributed by atoms with Crippen molar-refractivity contribution in [3.8, 4) is 0 Å². The highest BCUT2D eigenvalue weighted by Gasteiger charge is 2.31. The van der Waals surface area contributed by atoms with E-state index in [1.807, 2.05) is 0 Å². The van der Waals surface area contributed by atoms with Crippen LogP contribution in [0.4, 0.5) is 0 Å². The van der Waals surface area contributed by atoms with Gasteiger partial charge in [0, 0.05) is 5.75 Å². The Kier molecular flexibility index (Phi) is 12.4. The smallest absolute Gasteiger partial charge is 0.326 e. The van der Waals surface area contributed by atoms with Crippen molar-refractivity contribution >= 4 is 36.3 Å². The van der Waals surface area contributed by atoms with Crippen LogP contribution in [0.3, 0.4) is 0 Å². The topological polar surface area (TPSA) is 197 Å². The van der Waals surface area contributed by atoms with Crippen molar-refractivity contribution < 1.29 is 29.4 Å². The molecule has 11 nitrogen and oxygen atoms in total. The fourth-order valence-corrected chi connectivity index (χ4v) is 2.33. The van der Waals surface area contributed by atoms with Gasteiger partial charge in [0.15, 0.2) is 0 Å². The molecular weight excluding hydrogens is 390 g/mol. The summed E-state index contributed by atoms with van der Waals surface area (Å²) in [6.07, 6.45) is -0.0483. The van der Waals surface area contributed by atoms with Gasteiger partial charge < -0.3 is 37.6 Å². The summed E-state index contributed by atoms with van der Waals surface area (Å²) in [5.41, 5.74) is 10.9. The molecule has 0 aromatic rings. The summed E-state index contributed by atoms with van der Waals surface area (Å²) in [7, 11) is 0. The number of thiol groups is 1. The zero-order chi connectivity index (χ0) is 21.9. The molecule has 0 aromatic carbocycles. The third kappa shape index (κ3) is 9.35. The number of carbonyl (C=O) groups excluding carboxylic acids is 3. The molecule has 0 saturated carbocycles. The summed E-state index contributed by atoms with van der Waals surface area (Å²) >= 11 is 3.89. The van der Waals surface area contributed by atoms with Gasteiger partial charge in [-0.3, -0.25) is 14.4 Å². The number of rotatable bonds is 13. The third-order valence-corrected chi connectivity index (χ3v) is 4.30. The van der Waals surface area contributed by atoms with Crippen LogP contribution in [0.5, 0.6) is 0 Å². The van der Waals surface area contributed by atoms with Crippen LogP contribution in [0.1, 0.15) is 33.1 Å². The number of aliphatic hydroxyl groups is 1. The Labute approximate surface area is 169 Å². The van der Waals surface area contributed by atoms with Crippen LogP contribution in [0.25, 0.3) is 0 Å². The predicted molar refractivity (Wildman–Crippen MR) is 106 cm³/mol. The average molecular weight is 422 g/mol. The molecule has 5 atom stereocenters. The standard InChI is InChI=1S/C16H31N5O6S/c1-8(19-14(24)10(18)7-28)13(23)21-12(9(2)22)15(25)20-11(16(26)27)5-3-4-6-17/h8-12,22,28H,3-7,17-18H2,1-2H3,(H,19,24)(H,20,25)(H,21,23)(H,26,27). The molecule has 0 spiro atoms. The predicted octanol–water partition coefficient (Wildman–Crippen LogP) is -2.69. The summed E-state index contributed by atoms with van der Waals surface area (Å²) in [6, 6.07) is -4.52.